The smallest absolute Gasteiger partial charge is 1.00 e. The number of rotatable bonds is 12. The van der Waals surface area contributed by atoms with Gasteiger partial charge >= 0.3 is 29.1 Å². The van der Waals surface area contributed by atoms with E-state index < -0.39 is 8.16 Å². The van der Waals surface area contributed by atoms with Gasteiger partial charge < -0.3 is 9.19 Å². The van der Waals surface area contributed by atoms with Crippen LogP contribution in [0.4, 0.5) is 21.0 Å². The van der Waals surface area contributed by atoms with Crippen LogP contribution in [0.3, 0.4) is 0 Å². The summed E-state index contributed by atoms with van der Waals surface area (Å²) in [6.07, 6.45) is 11.1. The number of hydrogen-bond acceptors (Lipinski definition) is 0. The van der Waals surface area contributed by atoms with E-state index in [-0.39, 0.29) is 4.70 Å². The maximum atomic E-state index is 9.84. The summed E-state index contributed by atoms with van der Waals surface area (Å²) in [5.74, 6) is 0. The minimum absolute atomic E-state index is 0. The third-order valence-corrected chi connectivity index (χ3v) is 3.94. The van der Waals surface area contributed by atoms with Crippen LogP contribution in [0.15, 0.2) is 0 Å². The largest absolute Gasteiger partial charge is 1.00 e. The van der Waals surface area contributed by atoms with E-state index in [2.05, 4.69) is 27.7 Å². The van der Waals surface area contributed by atoms with Crippen molar-refractivity contribution in [3.8, 4) is 0 Å². The molecule has 0 amide bonds. The minimum atomic E-state index is -8.55. The van der Waals surface area contributed by atoms with Crippen LogP contribution in [-0.2, 0) is 0 Å². The van der Waals surface area contributed by atoms with E-state index in [0.29, 0.717) is 0 Å². The van der Waals surface area contributed by atoms with Crippen molar-refractivity contribution < 1.29 is 30.2 Å². The van der Waals surface area contributed by atoms with Crippen LogP contribution < -0.4 is 4.70 Å². The molecule has 0 aliphatic heterocycles. The zero-order valence-electron chi connectivity index (χ0n) is 15.6. The van der Waals surface area contributed by atoms with Gasteiger partial charge in [-0.1, -0.05) is 53.4 Å². The van der Waals surface area contributed by atoms with Gasteiger partial charge in [0.1, 0.15) is 0 Å². The van der Waals surface area contributed by atoms with Gasteiger partial charge in [0.05, 0.1) is 26.2 Å². The predicted octanol–water partition coefficient (Wildman–Crippen LogP) is 4.97. The van der Waals surface area contributed by atoms with Crippen molar-refractivity contribution in [2.24, 2.45) is 0 Å². The number of quaternary nitrogens is 1. The van der Waals surface area contributed by atoms with Crippen molar-refractivity contribution in [1.82, 2.24) is 0 Å². The van der Waals surface area contributed by atoms with Crippen molar-refractivity contribution in [2.45, 2.75) is 79.1 Å². The minimum Gasteiger partial charge on any atom is -1.00 e. The van der Waals surface area contributed by atoms with E-state index in [1.807, 2.05) is 0 Å². The van der Waals surface area contributed by atoms with Crippen LogP contribution >= 0.6 is 8.16 Å². The molecule has 24 heavy (non-hydrogen) atoms. The van der Waals surface area contributed by atoms with Gasteiger partial charge in [0.15, 0.2) is 0 Å². The van der Waals surface area contributed by atoms with Gasteiger partial charge in [0.2, 0.25) is 0 Å². The molecule has 0 bridgehead atoms. The molecular formula is C16H36F6NP. The second-order valence-corrected chi connectivity index (χ2v) is 7.57. The fraction of sp³-hybridized carbons (Fsp3) is 1.00. The van der Waals surface area contributed by atoms with E-state index in [1.54, 1.807) is 0 Å². The molecule has 0 aliphatic carbocycles. The molecule has 8 heteroatoms. The predicted molar refractivity (Wildman–Crippen MR) is 91.8 cm³/mol. The Morgan fingerprint density at radius 2 is 0.708 bits per heavy atom. The Labute approximate surface area is 144 Å². The Balaban J connectivity index is -0.000000538. The fourth-order valence-corrected chi connectivity index (χ4v) is 2.64. The fourth-order valence-electron chi connectivity index (χ4n) is 2.64. The molecule has 0 unspecified atom stereocenters. The molecule has 152 valence electrons. The van der Waals surface area contributed by atoms with Crippen molar-refractivity contribution in [3.63, 3.8) is 0 Å². The normalized spacial score (nSPS) is 13.3. The first-order valence-electron chi connectivity index (χ1n) is 8.94. The number of hydrogen-bond donors (Lipinski definition) is 0. The Bertz CT molecular complexity index is 227. The summed E-state index contributed by atoms with van der Waals surface area (Å²) >= 11 is 0. The SMILES string of the molecule is CCCC[N+](CCCC)(CCCC)CCCC.FP(F)(F)(F)F.[F-]. The van der Waals surface area contributed by atoms with Crippen LogP contribution in [0.2, 0.25) is 0 Å². The first-order valence-corrected chi connectivity index (χ1v) is 10.6. The zero-order valence-corrected chi connectivity index (χ0v) is 16.5. The van der Waals surface area contributed by atoms with Gasteiger partial charge in [0.25, 0.3) is 0 Å². The molecule has 0 aromatic heterocycles. The van der Waals surface area contributed by atoms with E-state index in [4.69, 9.17) is 0 Å². The molecule has 1 nitrogen and oxygen atoms in total. The molecule has 0 spiro atoms. The van der Waals surface area contributed by atoms with Gasteiger partial charge in [-0.05, 0) is 25.7 Å². The van der Waals surface area contributed by atoms with Crippen LogP contribution in [-0.4, -0.2) is 30.7 Å². The topological polar surface area (TPSA) is 0 Å². The third kappa shape index (κ3) is 24.2. The summed E-state index contributed by atoms with van der Waals surface area (Å²) in [5, 5.41) is 0. The van der Waals surface area contributed by atoms with Crippen LogP contribution in [0.5, 0.6) is 0 Å². The molecular weight excluding hydrogens is 351 g/mol. The average Bonchev–Trinajstić information content (AvgIpc) is 2.43. The zero-order chi connectivity index (χ0) is 18.4. The van der Waals surface area contributed by atoms with Crippen LogP contribution in [0.1, 0.15) is 79.1 Å². The van der Waals surface area contributed by atoms with Gasteiger partial charge in [-0.2, -0.15) is 0 Å². The standard InChI is InChI=1S/C16H36N.F5P.FH/c1-5-9-13-17(14-10-6-2,15-11-7-3)16-12-8-4;1-6(2,3,4)5;/h5-16H2,1-4H3;;1H/q+1;;/p-1. The summed E-state index contributed by atoms with van der Waals surface area (Å²) in [4.78, 5) is 0. The Morgan fingerprint density at radius 1 is 0.542 bits per heavy atom. The maximum absolute atomic E-state index is 9.84. The summed E-state index contributed by atoms with van der Waals surface area (Å²) < 4.78 is 50.6. The molecule has 0 saturated carbocycles. The summed E-state index contributed by atoms with van der Waals surface area (Å²) in [7, 11) is -8.55. The number of unbranched alkanes of at least 4 members (excludes halogenated alkanes) is 4. The van der Waals surface area contributed by atoms with Gasteiger partial charge in [-0.3, -0.25) is 0 Å². The van der Waals surface area contributed by atoms with Crippen molar-refractivity contribution in [3.05, 3.63) is 0 Å². The molecule has 0 radical (unpaired) electrons. The molecule has 0 atom stereocenters. The van der Waals surface area contributed by atoms with Crippen molar-refractivity contribution >= 4 is 8.16 Å². The Hall–Kier alpha value is -0.0300. The van der Waals surface area contributed by atoms with Crippen LogP contribution in [0, 0.1) is 0 Å². The second-order valence-electron chi connectivity index (χ2n) is 6.29. The molecule has 0 aliphatic rings. The second kappa shape index (κ2) is 14.2. The number of nitrogens with zero attached hydrogens (tertiary/aromatic N) is 1. The molecule has 0 aromatic carbocycles. The van der Waals surface area contributed by atoms with Gasteiger partial charge in [-0.15, -0.1) is 0 Å². The molecule has 0 rings (SSSR count). The molecule has 0 fully saturated rings. The quantitative estimate of drug-likeness (QED) is 0.252. The van der Waals surface area contributed by atoms with Crippen molar-refractivity contribution in [1.29, 1.82) is 0 Å². The van der Waals surface area contributed by atoms with E-state index in [0.717, 1.165) is 0 Å². The first-order chi connectivity index (χ1) is 10.5. The molecule has 0 aromatic rings. The summed E-state index contributed by atoms with van der Waals surface area (Å²) in [5.41, 5.74) is 0. The van der Waals surface area contributed by atoms with Crippen molar-refractivity contribution in [2.75, 3.05) is 26.2 Å². The molecule has 0 saturated heterocycles. The number of halogens is 6. The molecule has 0 N–H and O–H groups in total. The monoisotopic (exact) mass is 387 g/mol. The van der Waals surface area contributed by atoms with Gasteiger partial charge in [-0.25, -0.2) is 0 Å². The maximum Gasteiger partial charge on any atom is -1.00 e. The van der Waals surface area contributed by atoms with E-state index >= 15 is 0 Å². The van der Waals surface area contributed by atoms with Crippen LogP contribution in [0.25, 0.3) is 0 Å². The Morgan fingerprint density at radius 3 is 0.833 bits per heavy atom. The summed E-state index contributed by atoms with van der Waals surface area (Å²) in [6, 6.07) is 0. The average molecular weight is 387 g/mol. The molecule has 0 heterocycles. The Kier molecular flexibility index (Phi) is 17.0. The van der Waals surface area contributed by atoms with E-state index in [9.17, 15) is 21.0 Å². The first kappa shape index (κ1) is 28.8. The third-order valence-electron chi connectivity index (χ3n) is 3.94. The summed E-state index contributed by atoms with van der Waals surface area (Å²) in [6.45, 7) is 15.0. The van der Waals surface area contributed by atoms with E-state index in [1.165, 1.54) is 82.0 Å². The van der Waals surface area contributed by atoms with Gasteiger partial charge in [0, 0.05) is 0 Å².